The Labute approximate surface area is 246 Å². The zero-order chi connectivity index (χ0) is 25.4. The number of aliphatic hydroxyl groups excluding tert-OH is 1. The van der Waals surface area contributed by atoms with Gasteiger partial charge in [-0.1, -0.05) is 33.1 Å². The standard InChI is InChI=1S/C27H42N2O4.CH4O.H2O.U/c1-18(2)12-20-16-29-11-10-19-14-25(31-3)26(32-4)15-23(19)24(29)13-21(20)17-33-27(30)28-22-8-6-5-7-9-22;1-2;;/h14-15,18,20-22,24H,5-13,16-17H2,1-4H3,(H,28,30);2H,1H3;1H2;. The van der Waals surface area contributed by atoms with E-state index in [1.807, 2.05) is 0 Å². The number of methoxy groups -OCH3 is 2. The van der Waals surface area contributed by atoms with Crippen LogP contribution in [0, 0.1) is 48.9 Å². The van der Waals surface area contributed by atoms with Gasteiger partial charge in [-0.2, -0.15) is 0 Å². The minimum atomic E-state index is -0.233. The van der Waals surface area contributed by atoms with Crippen molar-refractivity contribution in [3.63, 3.8) is 0 Å². The van der Waals surface area contributed by atoms with E-state index in [1.165, 1.54) is 36.8 Å². The van der Waals surface area contributed by atoms with E-state index < -0.39 is 0 Å². The molecule has 37 heavy (non-hydrogen) atoms. The van der Waals surface area contributed by atoms with Crippen LogP contribution >= 0.6 is 0 Å². The van der Waals surface area contributed by atoms with Crippen LogP contribution in [0.2, 0.25) is 0 Å². The Kier molecular flexibility index (Phi) is 15.5. The number of carbonyl (C=O) groups is 1. The van der Waals surface area contributed by atoms with Gasteiger partial charge in [-0.05, 0) is 73.1 Å². The SMILES string of the molecule is CO.COc1cc2c(cc1OC)C1CC(COC(=O)NC3CCCCC3)C(CC(C)C)CN1CC2.O.[U]. The first kappa shape index (κ1) is 34.0. The number of amides is 1. The Morgan fingerprint density at radius 1 is 1.08 bits per heavy atom. The van der Waals surface area contributed by atoms with Crippen LogP contribution in [0.1, 0.15) is 76.0 Å². The number of hydrogen-bond donors (Lipinski definition) is 2. The van der Waals surface area contributed by atoms with Gasteiger partial charge >= 0.3 is 6.09 Å². The average molecular weight is 747 g/mol. The largest absolute Gasteiger partial charge is 0.493 e. The normalized spacial score (nSPS) is 23.2. The quantitative estimate of drug-likeness (QED) is 0.435. The molecular weight excluding hydrogens is 698 g/mol. The van der Waals surface area contributed by atoms with Crippen LogP contribution in [0.3, 0.4) is 0 Å². The van der Waals surface area contributed by atoms with E-state index in [4.69, 9.17) is 19.3 Å². The van der Waals surface area contributed by atoms with Crippen molar-refractivity contribution in [3.05, 3.63) is 23.3 Å². The van der Waals surface area contributed by atoms with E-state index in [-0.39, 0.29) is 48.7 Å². The summed E-state index contributed by atoms with van der Waals surface area (Å²) in [7, 11) is 4.40. The van der Waals surface area contributed by atoms with Crippen LogP contribution in [-0.4, -0.2) is 68.6 Å². The first-order chi connectivity index (χ1) is 17.0. The van der Waals surface area contributed by atoms with Gasteiger partial charge in [0.1, 0.15) is 0 Å². The topological polar surface area (TPSA) is 112 Å². The maximum atomic E-state index is 12.5. The number of nitrogens with one attached hydrogen (secondary N) is 1. The number of piperidine rings is 1. The van der Waals surface area contributed by atoms with Crippen molar-refractivity contribution >= 4 is 6.09 Å². The Hall–Kier alpha value is -0.978. The summed E-state index contributed by atoms with van der Waals surface area (Å²) in [6.45, 7) is 7.22. The van der Waals surface area contributed by atoms with Gasteiger partial charge in [0.2, 0.25) is 0 Å². The summed E-state index contributed by atoms with van der Waals surface area (Å²) in [5, 5.41) is 10.1. The molecule has 0 bridgehead atoms. The Morgan fingerprint density at radius 3 is 2.35 bits per heavy atom. The van der Waals surface area contributed by atoms with Crippen LogP contribution in [0.15, 0.2) is 12.1 Å². The third-order valence-corrected chi connectivity index (χ3v) is 7.91. The second kappa shape index (κ2) is 16.9. The van der Waals surface area contributed by atoms with E-state index in [1.54, 1.807) is 14.2 Å². The van der Waals surface area contributed by atoms with E-state index >= 15 is 0 Å². The number of fused-ring (bicyclic) bond motifs is 3. The molecule has 0 aromatic heterocycles. The van der Waals surface area contributed by atoms with E-state index in [0.29, 0.717) is 30.4 Å². The maximum absolute atomic E-state index is 12.5. The summed E-state index contributed by atoms with van der Waals surface area (Å²) in [6, 6.07) is 4.94. The summed E-state index contributed by atoms with van der Waals surface area (Å²) in [6.07, 6.45) is 8.82. The van der Waals surface area contributed by atoms with E-state index in [2.05, 4.69) is 36.2 Å². The predicted octanol–water partition coefficient (Wildman–Crippen LogP) is 4.13. The van der Waals surface area contributed by atoms with Gasteiger partial charge in [0.15, 0.2) is 11.5 Å². The molecule has 1 saturated heterocycles. The fourth-order valence-corrected chi connectivity index (χ4v) is 6.22. The van der Waals surface area contributed by atoms with Crippen molar-refractivity contribution in [2.45, 2.75) is 77.3 Å². The van der Waals surface area contributed by atoms with Gasteiger partial charge in [0.25, 0.3) is 0 Å². The van der Waals surface area contributed by atoms with Crippen molar-refractivity contribution < 1.29 is 60.7 Å². The number of hydrogen-bond acceptors (Lipinski definition) is 6. The molecule has 3 atom stereocenters. The molecule has 8 nitrogen and oxygen atoms in total. The van der Waals surface area contributed by atoms with Gasteiger partial charge in [-0.3, -0.25) is 4.90 Å². The van der Waals surface area contributed by atoms with Gasteiger partial charge in [-0.15, -0.1) is 0 Å². The summed E-state index contributed by atoms with van der Waals surface area (Å²) in [5.41, 5.74) is 2.70. The molecule has 3 unspecified atom stereocenters. The van der Waals surface area contributed by atoms with Gasteiger partial charge in [0.05, 0.1) is 20.8 Å². The van der Waals surface area contributed by atoms with Crippen LogP contribution in [-0.2, 0) is 11.2 Å². The zero-order valence-electron chi connectivity index (χ0n) is 23.3. The minimum Gasteiger partial charge on any atom is -0.493 e. The molecule has 4 rings (SSSR count). The van der Waals surface area contributed by atoms with Crippen LogP contribution in [0.25, 0.3) is 0 Å². The third-order valence-electron chi connectivity index (χ3n) is 7.91. The first-order valence-electron chi connectivity index (χ1n) is 13.3. The average Bonchev–Trinajstić information content (AvgIpc) is 2.88. The summed E-state index contributed by atoms with van der Waals surface area (Å²) in [5.74, 6) is 3.14. The summed E-state index contributed by atoms with van der Waals surface area (Å²) >= 11 is 0. The Balaban J connectivity index is 0.00000167. The van der Waals surface area contributed by atoms with E-state index in [9.17, 15) is 4.79 Å². The Morgan fingerprint density at radius 2 is 1.73 bits per heavy atom. The third kappa shape index (κ3) is 9.03. The van der Waals surface area contributed by atoms with Gasteiger partial charge in [0, 0.05) is 63.4 Å². The fourth-order valence-electron chi connectivity index (χ4n) is 6.22. The molecule has 1 aromatic rings. The summed E-state index contributed by atoms with van der Waals surface area (Å²) < 4.78 is 17.0. The van der Waals surface area contributed by atoms with Crippen molar-refractivity contribution in [2.24, 2.45) is 17.8 Å². The molecule has 0 spiro atoms. The van der Waals surface area contributed by atoms with Crippen molar-refractivity contribution in [1.29, 1.82) is 0 Å². The van der Waals surface area contributed by atoms with Gasteiger partial charge in [-0.25, -0.2) is 4.79 Å². The molecular formula is C28H48N2O6U. The van der Waals surface area contributed by atoms with Crippen molar-refractivity contribution in [1.82, 2.24) is 10.2 Å². The molecule has 4 N–H and O–H groups in total. The molecule has 9 heteroatoms. The molecule has 1 aliphatic carbocycles. The molecule has 0 radical (unpaired) electrons. The van der Waals surface area contributed by atoms with Gasteiger partial charge < -0.3 is 30.1 Å². The zero-order valence-corrected chi connectivity index (χ0v) is 27.5. The van der Waals surface area contributed by atoms with E-state index in [0.717, 1.165) is 57.4 Å². The molecule has 2 aliphatic heterocycles. The van der Waals surface area contributed by atoms with Crippen LogP contribution in [0.4, 0.5) is 4.79 Å². The number of carbonyl (C=O) groups excluding carboxylic acids is 1. The fraction of sp³-hybridized carbons (Fsp3) is 0.750. The smallest absolute Gasteiger partial charge is 0.407 e. The molecule has 2 heterocycles. The molecule has 1 amide bonds. The number of nitrogens with zero attached hydrogens (tertiary/aromatic N) is 1. The second-order valence-electron chi connectivity index (χ2n) is 10.6. The number of alkyl carbamates (subject to hydrolysis) is 1. The summed E-state index contributed by atoms with van der Waals surface area (Å²) in [4.78, 5) is 15.2. The molecule has 210 valence electrons. The maximum Gasteiger partial charge on any atom is 0.407 e. The number of ether oxygens (including phenoxy) is 3. The molecule has 1 aromatic carbocycles. The molecule has 3 aliphatic rings. The number of benzene rings is 1. The number of aliphatic hydroxyl groups is 1. The molecule has 2 fully saturated rings. The van der Waals surface area contributed by atoms with Crippen LogP contribution < -0.4 is 14.8 Å². The number of rotatable bonds is 7. The Bertz CT molecular complexity index is 818. The van der Waals surface area contributed by atoms with Crippen molar-refractivity contribution in [2.75, 3.05) is 41.0 Å². The van der Waals surface area contributed by atoms with Crippen LogP contribution in [0.5, 0.6) is 11.5 Å². The monoisotopic (exact) mass is 746 g/mol. The molecule has 1 saturated carbocycles. The minimum absolute atomic E-state index is 0. The first-order valence-corrected chi connectivity index (χ1v) is 13.3. The predicted molar refractivity (Wildman–Crippen MR) is 142 cm³/mol. The van der Waals surface area contributed by atoms with Crippen molar-refractivity contribution in [3.8, 4) is 11.5 Å². The second-order valence-corrected chi connectivity index (χ2v) is 10.6.